The van der Waals surface area contributed by atoms with Crippen molar-refractivity contribution in [2.45, 2.75) is 6.42 Å². The van der Waals surface area contributed by atoms with Gasteiger partial charge in [0.2, 0.25) is 11.8 Å². The molecular weight excluding hydrogens is 458 g/mol. The lowest BCUT2D eigenvalue weighted by atomic mass is 10.1. The van der Waals surface area contributed by atoms with E-state index in [1.807, 2.05) is 65.6 Å². The van der Waals surface area contributed by atoms with Crippen LogP contribution in [0, 0.1) is 5.92 Å². The van der Waals surface area contributed by atoms with Crippen LogP contribution in [0.1, 0.15) is 6.42 Å². The highest BCUT2D eigenvalue weighted by molar-refractivity contribution is 6.00. The highest BCUT2D eigenvalue weighted by Crippen LogP contribution is 2.29. The highest BCUT2D eigenvalue weighted by atomic mass is 16.5. The second-order valence-corrected chi connectivity index (χ2v) is 8.92. The van der Waals surface area contributed by atoms with Gasteiger partial charge in [-0.2, -0.15) is 0 Å². The molecule has 2 aliphatic rings. The largest absolute Gasteiger partial charge is 0.497 e. The number of aromatic nitrogens is 2. The van der Waals surface area contributed by atoms with E-state index in [2.05, 4.69) is 15.1 Å². The van der Waals surface area contributed by atoms with Crippen LogP contribution in [0.4, 0.5) is 11.5 Å². The minimum atomic E-state index is -0.334. The van der Waals surface area contributed by atoms with Gasteiger partial charge in [0.05, 0.1) is 25.8 Å². The van der Waals surface area contributed by atoms with Gasteiger partial charge in [0.15, 0.2) is 5.82 Å². The van der Waals surface area contributed by atoms with Gasteiger partial charge in [0.1, 0.15) is 11.5 Å². The number of benzene rings is 2. The first-order valence-corrected chi connectivity index (χ1v) is 12.0. The molecule has 3 aromatic rings. The lowest BCUT2D eigenvalue weighted by Gasteiger charge is -2.36. The quantitative estimate of drug-likeness (QED) is 0.528. The summed E-state index contributed by atoms with van der Waals surface area (Å²) in [5, 5.41) is 8.81. The van der Waals surface area contributed by atoms with Crippen molar-refractivity contribution in [3.05, 3.63) is 60.7 Å². The van der Waals surface area contributed by atoms with Crippen molar-refractivity contribution in [2.75, 3.05) is 56.7 Å². The molecule has 0 aliphatic carbocycles. The van der Waals surface area contributed by atoms with E-state index in [0.29, 0.717) is 38.5 Å². The molecule has 5 rings (SSSR count). The first-order valence-electron chi connectivity index (χ1n) is 12.0. The molecule has 2 aromatic carbocycles. The van der Waals surface area contributed by atoms with Crippen molar-refractivity contribution in [1.82, 2.24) is 15.1 Å². The summed E-state index contributed by atoms with van der Waals surface area (Å²) in [6, 6.07) is 19.0. The molecule has 0 bridgehead atoms. The lowest BCUT2D eigenvalue weighted by molar-refractivity contribution is -0.136. The van der Waals surface area contributed by atoms with E-state index in [-0.39, 0.29) is 24.2 Å². The van der Waals surface area contributed by atoms with Gasteiger partial charge in [-0.15, -0.1) is 10.2 Å². The van der Waals surface area contributed by atoms with Crippen molar-refractivity contribution >= 4 is 23.3 Å². The minimum Gasteiger partial charge on any atom is -0.497 e. The van der Waals surface area contributed by atoms with Crippen LogP contribution in [0.15, 0.2) is 60.7 Å². The third kappa shape index (κ3) is 4.82. The first-order chi connectivity index (χ1) is 17.6. The molecule has 1 aromatic heterocycles. The Morgan fingerprint density at radius 2 is 1.64 bits per heavy atom. The van der Waals surface area contributed by atoms with E-state index in [4.69, 9.17) is 9.47 Å². The Labute approximate surface area is 210 Å². The van der Waals surface area contributed by atoms with Crippen molar-refractivity contribution in [3.8, 4) is 22.8 Å². The Morgan fingerprint density at radius 3 is 2.31 bits per heavy atom. The van der Waals surface area contributed by atoms with Crippen LogP contribution in [0.25, 0.3) is 11.3 Å². The van der Waals surface area contributed by atoms with Crippen LogP contribution in [0.5, 0.6) is 11.5 Å². The van der Waals surface area contributed by atoms with Crippen LogP contribution in [-0.4, -0.2) is 73.9 Å². The Kier molecular flexibility index (Phi) is 6.71. The predicted octanol–water partition coefficient (Wildman–Crippen LogP) is 2.86. The summed E-state index contributed by atoms with van der Waals surface area (Å²) in [6.45, 7) is 2.91. The summed E-state index contributed by atoms with van der Waals surface area (Å²) in [4.78, 5) is 31.5. The number of methoxy groups -OCH3 is 2. The molecule has 186 valence electrons. The fourth-order valence-corrected chi connectivity index (χ4v) is 4.72. The fourth-order valence-electron chi connectivity index (χ4n) is 4.72. The number of ether oxygens (including phenoxy) is 2. The number of hydrogen-bond acceptors (Lipinski definition) is 7. The van der Waals surface area contributed by atoms with Crippen LogP contribution >= 0.6 is 0 Å². The molecule has 9 nitrogen and oxygen atoms in total. The monoisotopic (exact) mass is 487 g/mol. The summed E-state index contributed by atoms with van der Waals surface area (Å²) in [6.07, 6.45) is 0.231. The summed E-state index contributed by atoms with van der Waals surface area (Å²) < 4.78 is 10.5. The van der Waals surface area contributed by atoms with E-state index in [1.54, 1.807) is 19.1 Å². The maximum Gasteiger partial charge on any atom is 0.228 e. The van der Waals surface area contributed by atoms with Crippen LogP contribution < -0.4 is 19.3 Å². The second-order valence-electron chi connectivity index (χ2n) is 8.92. The molecule has 36 heavy (non-hydrogen) atoms. The maximum absolute atomic E-state index is 13.2. The maximum atomic E-state index is 13.2. The fraction of sp³-hybridized carbons (Fsp3) is 0.333. The normalized spacial score (nSPS) is 17.9. The van der Waals surface area contributed by atoms with Gasteiger partial charge in [-0.1, -0.05) is 6.07 Å². The van der Waals surface area contributed by atoms with Gasteiger partial charge in [-0.25, -0.2) is 0 Å². The molecule has 0 saturated carbocycles. The van der Waals surface area contributed by atoms with Crippen LogP contribution in [0.2, 0.25) is 0 Å². The molecule has 0 spiro atoms. The third-order valence-electron chi connectivity index (χ3n) is 6.79. The van der Waals surface area contributed by atoms with E-state index < -0.39 is 0 Å². The van der Waals surface area contributed by atoms with Crippen molar-refractivity contribution in [2.24, 2.45) is 5.92 Å². The molecular formula is C27H29N5O4. The van der Waals surface area contributed by atoms with Crippen molar-refractivity contribution in [1.29, 1.82) is 0 Å². The zero-order valence-electron chi connectivity index (χ0n) is 20.5. The number of amides is 2. The number of rotatable bonds is 6. The van der Waals surface area contributed by atoms with Gasteiger partial charge < -0.3 is 24.2 Å². The Bertz CT molecular complexity index is 1220. The van der Waals surface area contributed by atoms with E-state index >= 15 is 0 Å². The SMILES string of the molecule is COc1ccc(-c2ccc(N3CCN(C(=O)C4CC(=O)N(c5cccc(OC)c5)C4)CC3)nn2)cc1. The number of hydrogen-bond donors (Lipinski definition) is 0. The Morgan fingerprint density at radius 1 is 0.889 bits per heavy atom. The zero-order valence-corrected chi connectivity index (χ0v) is 20.5. The molecule has 0 radical (unpaired) electrons. The Hall–Kier alpha value is -4.14. The van der Waals surface area contributed by atoms with E-state index in [9.17, 15) is 9.59 Å². The summed E-state index contributed by atoms with van der Waals surface area (Å²) in [7, 11) is 3.24. The van der Waals surface area contributed by atoms with Gasteiger partial charge >= 0.3 is 0 Å². The predicted molar refractivity (Wildman–Crippen MR) is 136 cm³/mol. The van der Waals surface area contributed by atoms with Crippen molar-refractivity contribution < 1.29 is 19.1 Å². The van der Waals surface area contributed by atoms with Gasteiger partial charge in [-0.3, -0.25) is 9.59 Å². The molecule has 1 atom stereocenters. The van der Waals surface area contributed by atoms with Gasteiger partial charge in [0, 0.05) is 56.5 Å². The van der Waals surface area contributed by atoms with Gasteiger partial charge in [-0.05, 0) is 48.5 Å². The zero-order chi connectivity index (χ0) is 25.1. The average Bonchev–Trinajstić information content (AvgIpc) is 3.34. The molecule has 9 heteroatoms. The molecule has 2 amide bonds. The third-order valence-corrected chi connectivity index (χ3v) is 6.79. The van der Waals surface area contributed by atoms with Crippen molar-refractivity contribution in [3.63, 3.8) is 0 Å². The van der Waals surface area contributed by atoms with E-state index in [0.717, 1.165) is 28.5 Å². The number of carbonyl (C=O) groups excluding carboxylic acids is 2. The lowest BCUT2D eigenvalue weighted by Crippen LogP contribution is -2.51. The molecule has 0 N–H and O–H groups in total. The number of anilines is 2. The standard InChI is InChI=1S/C27H29N5O4/c1-35-22-8-6-19(7-9-22)24-10-11-25(29-28-24)30-12-14-31(15-13-30)27(34)20-16-26(33)32(18-20)21-4-3-5-23(17-21)36-2/h3-11,17,20H,12-16,18H2,1-2H3. The molecule has 1 unspecified atom stereocenters. The van der Waals surface area contributed by atoms with Crippen LogP contribution in [-0.2, 0) is 9.59 Å². The summed E-state index contributed by atoms with van der Waals surface area (Å²) >= 11 is 0. The molecule has 2 aliphatic heterocycles. The average molecular weight is 488 g/mol. The second kappa shape index (κ2) is 10.2. The number of piperazine rings is 1. The minimum absolute atomic E-state index is 0.0348. The number of carbonyl (C=O) groups is 2. The van der Waals surface area contributed by atoms with E-state index in [1.165, 1.54) is 0 Å². The smallest absolute Gasteiger partial charge is 0.228 e. The first kappa shape index (κ1) is 23.6. The summed E-state index contributed by atoms with van der Waals surface area (Å²) in [5.74, 6) is 1.94. The Balaban J connectivity index is 1.17. The highest BCUT2D eigenvalue weighted by Gasteiger charge is 2.38. The number of nitrogens with zero attached hydrogens (tertiary/aromatic N) is 5. The molecule has 2 fully saturated rings. The summed E-state index contributed by atoms with van der Waals surface area (Å²) in [5.41, 5.74) is 2.53. The molecule has 2 saturated heterocycles. The molecule has 3 heterocycles. The van der Waals surface area contributed by atoms with Crippen LogP contribution in [0.3, 0.4) is 0 Å². The van der Waals surface area contributed by atoms with Gasteiger partial charge in [0.25, 0.3) is 0 Å². The topological polar surface area (TPSA) is 88.1 Å².